The van der Waals surface area contributed by atoms with Crippen LogP contribution in [0, 0.1) is 6.92 Å². The molecule has 1 saturated carbocycles. The van der Waals surface area contributed by atoms with Crippen molar-refractivity contribution in [3.63, 3.8) is 0 Å². The van der Waals surface area contributed by atoms with Crippen LogP contribution >= 0.6 is 23.1 Å². The largest absolute Gasteiger partial charge is 0.375 e. The summed E-state index contributed by atoms with van der Waals surface area (Å²) in [5, 5.41) is 0.572. The average Bonchev–Trinajstić information content (AvgIpc) is 3.01. The number of amides is 1. The molecular formula is C10H15N3OS2. The lowest BCUT2D eigenvalue weighted by Gasteiger charge is -2.15. The van der Waals surface area contributed by atoms with Crippen LogP contribution in [0.3, 0.4) is 0 Å². The average molecular weight is 257 g/mol. The number of thioether (sulfide) groups is 1. The molecule has 0 radical (unpaired) electrons. The van der Waals surface area contributed by atoms with E-state index in [9.17, 15) is 4.79 Å². The number of nitrogens with zero attached hydrogens (tertiary/aromatic N) is 2. The van der Waals surface area contributed by atoms with Crippen molar-refractivity contribution in [1.29, 1.82) is 0 Å². The van der Waals surface area contributed by atoms with Crippen molar-refractivity contribution < 1.29 is 4.79 Å². The zero-order valence-electron chi connectivity index (χ0n) is 9.40. The first-order valence-electron chi connectivity index (χ1n) is 5.19. The van der Waals surface area contributed by atoms with Crippen LogP contribution in [0.4, 0.5) is 5.13 Å². The topological polar surface area (TPSA) is 59.2 Å². The fourth-order valence-corrected chi connectivity index (χ4v) is 3.38. The maximum absolute atomic E-state index is 11.8. The van der Waals surface area contributed by atoms with E-state index in [2.05, 4.69) is 4.98 Å². The molecule has 0 atom stereocenters. The molecule has 1 aromatic rings. The third-order valence-electron chi connectivity index (χ3n) is 2.59. The van der Waals surface area contributed by atoms with Crippen molar-refractivity contribution >= 4 is 34.1 Å². The second-order valence-electron chi connectivity index (χ2n) is 3.95. The van der Waals surface area contributed by atoms with Crippen molar-refractivity contribution in [1.82, 2.24) is 9.88 Å². The number of nitrogens with two attached hydrogens (primary N) is 1. The van der Waals surface area contributed by atoms with E-state index in [1.807, 2.05) is 18.9 Å². The summed E-state index contributed by atoms with van der Waals surface area (Å²) >= 11 is 2.99. The highest BCUT2D eigenvalue weighted by Gasteiger charge is 2.29. The molecule has 1 fully saturated rings. The zero-order chi connectivity index (χ0) is 11.7. The minimum Gasteiger partial charge on any atom is -0.375 e. The van der Waals surface area contributed by atoms with E-state index in [4.69, 9.17) is 5.73 Å². The predicted molar refractivity (Wildman–Crippen MR) is 67.8 cm³/mol. The number of aromatic nitrogens is 1. The van der Waals surface area contributed by atoms with E-state index in [1.165, 1.54) is 23.1 Å². The molecule has 2 rings (SSSR count). The minimum atomic E-state index is 0.193. The number of nitrogen functional groups attached to an aromatic ring is 1. The Morgan fingerprint density at radius 3 is 2.88 bits per heavy atom. The van der Waals surface area contributed by atoms with Gasteiger partial charge in [-0.25, -0.2) is 4.98 Å². The number of carbonyl (C=O) groups is 1. The molecule has 88 valence electrons. The SMILES string of the molecule is Cc1nc(N)sc1SCC(=O)N(C)C1CC1. The Balaban J connectivity index is 1.86. The van der Waals surface area contributed by atoms with Gasteiger partial charge in [0.15, 0.2) is 5.13 Å². The zero-order valence-corrected chi connectivity index (χ0v) is 11.0. The first kappa shape index (κ1) is 11.7. The molecule has 0 aromatic carbocycles. The lowest BCUT2D eigenvalue weighted by Crippen LogP contribution is -2.30. The molecule has 4 nitrogen and oxygen atoms in total. The van der Waals surface area contributed by atoms with Crippen LogP contribution in [0.25, 0.3) is 0 Å². The number of aryl methyl sites for hydroxylation is 1. The van der Waals surface area contributed by atoms with Gasteiger partial charge in [0.25, 0.3) is 0 Å². The highest BCUT2D eigenvalue weighted by molar-refractivity contribution is 8.01. The Hall–Kier alpha value is -0.750. The normalized spacial score (nSPS) is 15.1. The van der Waals surface area contributed by atoms with E-state index in [-0.39, 0.29) is 5.91 Å². The lowest BCUT2D eigenvalue weighted by atomic mass is 10.5. The van der Waals surface area contributed by atoms with Crippen LogP contribution in [0.15, 0.2) is 4.21 Å². The standard InChI is InChI=1S/C10H15N3OS2/c1-6-9(16-10(11)12-6)15-5-8(14)13(2)7-3-4-7/h7H,3-5H2,1-2H3,(H2,11,12). The highest BCUT2D eigenvalue weighted by atomic mass is 32.2. The third kappa shape index (κ3) is 2.68. The molecule has 0 bridgehead atoms. The molecule has 0 unspecified atom stereocenters. The van der Waals surface area contributed by atoms with Gasteiger partial charge in [0.1, 0.15) is 0 Å². The molecule has 0 saturated heterocycles. The van der Waals surface area contributed by atoms with Crippen molar-refractivity contribution in [3.05, 3.63) is 5.69 Å². The number of hydrogen-bond acceptors (Lipinski definition) is 5. The van der Waals surface area contributed by atoms with Gasteiger partial charge in [-0.15, -0.1) is 11.8 Å². The number of carbonyl (C=O) groups excluding carboxylic acids is 1. The molecule has 1 aliphatic rings. The minimum absolute atomic E-state index is 0.193. The summed E-state index contributed by atoms with van der Waals surface area (Å²) in [6.07, 6.45) is 2.30. The fraction of sp³-hybridized carbons (Fsp3) is 0.600. The quantitative estimate of drug-likeness (QED) is 0.835. The summed E-state index contributed by atoms with van der Waals surface area (Å²) in [5.74, 6) is 0.675. The highest BCUT2D eigenvalue weighted by Crippen LogP contribution is 2.31. The Bertz CT molecular complexity index is 401. The van der Waals surface area contributed by atoms with Crippen LogP contribution in [0.2, 0.25) is 0 Å². The number of anilines is 1. The summed E-state index contributed by atoms with van der Waals surface area (Å²) in [6, 6.07) is 0.487. The first-order valence-corrected chi connectivity index (χ1v) is 6.99. The molecule has 0 spiro atoms. The van der Waals surface area contributed by atoms with Crippen LogP contribution < -0.4 is 5.73 Å². The van der Waals surface area contributed by atoms with E-state index < -0.39 is 0 Å². The van der Waals surface area contributed by atoms with Gasteiger partial charge in [-0.1, -0.05) is 11.3 Å². The predicted octanol–water partition coefficient (Wildman–Crippen LogP) is 1.75. The van der Waals surface area contributed by atoms with Crippen LogP contribution in [0.1, 0.15) is 18.5 Å². The van der Waals surface area contributed by atoms with E-state index in [0.717, 1.165) is 22.7 Å². The number of rotatable bonds is 4. The summed E-state index contributed by atoms with van der Waals surface area (Å²) in [4.78, 5) is 17.8. The molecule has 1 aromatic heterocycles. The molecule has 16 heavy (non-hydrogen) atoms. The van der Waals surface area contributed by atoms with Crippen molar-refractivity contribution in [3.8, 4) is 0 Å². The Morgan fingerprint density at radius 1 is 1.69 bits per heavy atom. The van der Waals surface area contributed by atoms with Crippen molar-refractivity contribution in [2.45, 2.75) is 30.0 Å². The van der Waals surface area contributed by atoms with Gasteiger partial charge in [-0.3, -0.25) is 4.79 Å². The van der Waals surface area contributed by atoms with Crippen LogP contribution in [-0.2, 0) is 4.79 Å². The van der Waals surface area contributed by atoms with Gasteiger partial charge in [-0.2, -0.15) is 0 Å². The van der Waals surface area contributed by atoms with Crippen molar-refractivity contribution in [2.75, 3.05) is 18.5 Å². The van der Waals surface area contributed by atoms with Gasteiger partial charge >= 0.3 is 0 Å². The Labute approximate surface area is 103 Å². The smallest absolute Gasteiger partial charge is 0.232 e. The Kier molecular flexibility index (Phi) is 3.39. The fourth-order valence-electron chi connectivity index (χ4n) is 1.43. The molecular weight excluding hydrogens is 242 g/mol. The lowest BCUT2D eigenvalue weighted by molar-refractivity contribution is -0.127. The summed E-state index contributed by atoms with van der Waals surface area (Å²) in [7, 11) is 1.88. The summed E-state index contributed by atoms with van der Waals surface area (Å²) in [5.41, 5.74) is 6.53. The van der Waals surface area contributed by atoms with Crippen molar-refractivity contribution in [2.24, 2.45) is 0 Å². The van der Waals surface area contributed by atoms with Gasteiger partial charge < -0.3 is 10.6 Å². The number of thiazole rings is 1. The van der Waals surface area contributed by atoms with Gasteiger partial charge in [0, 0.05) is 13.1 Å². The van der Waals surface area contributed by atoms with Gasteiger partial charge in [0.2, 0.25) is 5.91 Å². The van der Waals surface area contributed by atoms with E-state index >= 15 is 0 Å². The molecule has 6 heteroatoms. The Morgan fingerprint density at radius 2 is 2.38 bits per heavy atom. The van der Waals surface area contributed by atoms with E-state index in [0.29, 0.717) is 16.9 Å². The van der Waals surface area contributed by atoms with Crippen LogP contribution in [-0.4, -0.2) is 34.6 Å². The molecule has 1 aliphatic carbocycles. The molecule has 2 N–H and O–H groups in total. The van der Waals surface area contributed by atoms with Crippen LogP contribution in [0.5, 0.6) is 0 Å². The third-order valence-corrected chi connectivity index (χ3v) is 4.92. The van der Waals surface area contributed by atoms with Gasteiger partial charge in [0.05, 0.1) is 15.7 Å². The summed E-state index contributed by atoms with van der Waals surface area (Å²) in [6.45, 7) is 1.92. The molecule has 0 aliphatic heterocycles. The maximum Gasteiger partial charge on any atom is 0.232 e. The monoisotopic (exact) mass is 257 g/mol. The number of hydrogen-bond donors (Lipinski definition) is 1. The summed E-state index contributed by atoms with van der Waals surface area (Å²) < 4.78 is 1.05. The second kappa shape index (κ2) is 4.63. The first-order chi connectivity index (χ1) is 7.58. The maximum atomic E-state index is 11.8. The second-order valence-corrected chi connectivity index (χ2v) is 6.22. The van der Waals surface area contributed by atoms with E-state index in [1.54, 1.807) is 0 Å². The molecule has 1 heterocycles. The molecule has 1 amide bonds. The van der Waals surface area contributed by atoms with Gasteiger partial charge in [-0.05, 0) is 19.8 Å².